The Balaban J connectivity index is 1.90. The Morgan fingerprint density at radius 2 is 2.06 bits per heavy atom. The van der Waals surface area contributed by atoms with Gasteiger partial charge in [0.05, 0.1) is 0 Å². The van der Waals surface area contributed by atoms with Gasteiger partial charge in [0.25, 0.3) is 0 Å². The monoisotopic (exact) mass is 238 g/mol. The summed E-state index contributed by atoms with van der Waals surface area (Å²) in [5.41, 5.74) is 0.477. The third-order valence-corrected chi connectivity index (χ3v) is 4.98. The average Bonchev–Trinajstić information content (AvgIpc) is 2.77. The van der Waals surface area contributed by atoms with Crippen LogP contribution >= 0.6 is 0 Å². The smallest absolute Gasteiger partial charge is 0.00933 e. The molecule has 2 heteroatoms. The van der Waals surface area contributed by atoms with E-state index in [2.05, 4.69) is 31.0 Å². The van der Waals surface area contributed by atoms with Crippen molar-refractivity contribution in [2.75, 3.05) is 26.2 Å². The minimum absolute atomic E-state index is 0.477. The van der Waals surface area contributed by atoms with Crippen molar-refractivity contribution in [1.82, 2.24) is 10.2 Å². The molecule has 2 atom stereocenters. The number of hydrogen-bond donors (Lipinski definition) is 1. The lowest BCUT2D eigenvalue weighted by Crippen LogP contribution is -2.45. The fourth-order valence-electron chi connectivity index (χ4n) is 3.74. The minimum atomic E-state index is 0.477. The van der Waals surface area contributed by atoms with Gasteiger partial charge in [0.15, 0.2) is 0 Å². The molecule has 17 heavy (non-hydrogen) atoms. The van der Waals surface area contributed by atoms with Gasteiger partial charge in [0.1, 0.15) is 0 Å². The van der Waals surface area contributed by atoms with Crippen molar-refractivity contribution in [3.8, 4) is 0 Å². The van der Waals surface area contributed by atoms with Crippen molar-refractivity contribution >= 4 is 0 Å². The molecule has 0 aliphatic carbocycles. The Labute approximate surface area is 107 Å². The van der Waals surface area contributed by atoms with Gasteiger partial charge in [-0.1, -0.05) is 20.8 Å². The third-order valence-electron chi connectivity index (χ3n) is 4.98. The van der Waals surface area contributed by atoms with Crippen molar-refractivity contribution in [2.45, 2.75) is 58.9 Å². The Morgan fingerprint density at radius 3 is 2.71 bits per heavy atom. The van der Waals surface area contributed by atoms with E-state index in [1.807, 2.05) is 0 Å². The number of hydrogen-bond acceptors (Lipinski definition) is 2. The van der Waals surface area contributed by atoms with E-state index >= 15 is 0 Å². The first-order chi connectivity index (χ1) is 8.13. The molecule has 0 aromatic carbocycles. The second-order valence-corrected chi connectivity index (χ2v) is 6.71. The highest BCUT2D eigenvalue weighted by Gasteiger charge is 2.35. The molecule has 2 heterocycles. The van der Waals surface area contributed by atoms with Gasteiger partial charge in [-0.25, -0.2) is 0 Å². The van der Waals surface area contributed by atoms with Crippen molar-refractivity contribution in [3.05, 3.63) is 0 Å². The fourth-order valence-corrected chi connectivity index (χ4v) is 3.74. The molecule has 0 amide bonds. The van der Waals surface area contributed by atoms with Crippen LogP contribution in [-0.4, -0.2) is 37.1 Å². The number of rotatable bonds is 4. The molecule has 100 valence electrons. The summed E-state index contributed by atoms with van der Waals surface area (Å²) in [7, 11) is 0. The van der Waals surface area contributed by atoms with Gasteiger partial charge < -0.3 is 5.32 Å². The number of likely N-dealkylation sites (tertiary alicyclic amines) is 1. The first-order valence-electron chi connectivity index (χ1n) is 7.58. The van der Waals surface area contributed by atoms with Crippen molar-refractivity contribution < 1.29 is 0 Å². The Bertz CT molecular complexity index is 231. The van der Waals surface area contributed by atoms with Crippen LogP contribution in [0.2, 0.25) is 0 Å². The van der Waals surface area contributed by atoms with E-state index in [1.54, 1.807) is 0 Å². The van der Waals surface area contributed by atoms with Gasteiger partial charge in [0.2, 0.25) is 0 Å². The van der Waals surface area contributed by atoms with Crippen LogP contribution in [0.25, 0.3) is 0 Å². The summed E-state index contributed by atoms with van der Waals surface area (Å²) < 4.78 is 0. The molecule has 0 saturated carbocycles. The predicted octanol–water partition coefficient (Wildman–Crippen LogP) is 2.89. The van der Waals surface area contributed by atoms with Gasteiger partial charge in [-0.05, 0) is 63.1 Å². The maximum atomic E-state index is 3.57. The largest absolute Gasteiger partial charge is 0.316 e. The number of nitrogens with one attached hydrogen (secondary N) is 1. The molecule has 0 bridgehead atoms. The topological polar surface area (TPSA) is 15.3 Å². The van der Waals surface area contributed by atoms with E-state index in [0.29, 0.717) is 5.41 Å². The van der Waals surface area contributed by atoms with E-state index < -0.39 is 0 Å². The summed E-state index contributed by atoms with van der Waals surface area (Å²) in [6.07, 6.45) is 6.96. The molecule has 2 saturated heterocycles. The summed E-state index contributed by atoms with van der Waals surface area (Å²) in [4.78, 5) is 2.76. The molecule has 2 rings (SSSR count). The minimum Gasteiger partial charge on any atom is -0.316 e. The lowest BCUT2D eigenvalue weighted by Gasteiger charge is -2.41. The van der Waals surface area contributed by atoms with Crippen molar-refractivity contribution in [2.24, 2.45) is 11.3 Å². The summed E-state index contributed by atoms with van der Waals surface area (Å²) in [6.45, 7) is 12.4. The van der Waals surface area contributed by atoms with Gasteiger partial charge in [-0.3, -0.25) is 4.90 Å². The molecular weight excluding hydrogens is 208 g/mol. The van der Waals surface area contributed by atoms with Crippen molar-refractivity contribution in [1.29, 1.82) is 0 Å². The molecule has 1 N–H and O–H groups in total. The number of nitrogens with zero attached hydrogens (tertiary/aromatic N) is 1. The molecule has 0 spiro atoms. The lowest BCUT2D eigenvalue weighted by atomic mass is 9.74. The quantitative estimate of drug-likeness (QED) is 0.810. The van der Waals surface area contributed by atoms with Crippen LogP contribution in [0.4, 0.5) is 0 Å². The van der Waals surface area contributed by atoms with Gasteiger partial charge >= 0.3 is 0 Å². The molecule has 2 unspecified atom stereocenters. The molecule has 2 fully saturated rings. The van der Waals surface area contributed by atoms with E-state index in [-0.39, 0.29) is 0 Å². The maximum absolute atomic E-state index is 3.57. The van der Waals surface area contributed by atoms with Crippen LogP contribution in [-0.2, 0) is 0 Å². The SMILES string of the molecule is CCC1CCCN1CC(C)(C)C1CCCNC1. The highest BCUT2D eigenvalue weighted by Crippen LogP contribution is 2.35. The molecule has 2 nitrogen and oxygen atoms in total. The number of piperidine rings is 1. The van der Waals surface area contributed by atoms with Crippen molar-refractivity contribution in [3.63, 3.8) is 0 Å². The zero-order chi connectivity index (χ0) is 12.3. The lowest BCUT2D eigenvalue weighted by molar-refractivity contribution is 0.0922. The van der Waals surface area contributed by atoms with Gasteiger partial charge in [-0.2, -0.15) is 0 Å². The Kier molecular flexibility index (Phi) is 4.48. The van der Waals surface area contributed by atoms with Gasteiger partial charge in [0, 0.05) is 12.6 Å². The molecular formula is C15H30N2. The Hall–Kier alpha value is -0.0800. The first kappa shape index (κ1) is 13.4. The highest BCUT2D eigenvalue weighted by molar-refractivity contribution is 4.89. The third kappa shape index (κ3) is 3.23. The van der Waals surface area contributed by atoms with E-state index in [9.17, 15) is 0 Å². The summed E-state index contributed by atoms with van der Waals surface area (Å²) in [5, 5.41) is 3.57. The van der Waals surface area contributed by atoms with Crippen LogP contribution in [0.15, 0.2) is 0 Å². The molecule has 0 radical (unpaired) electrons. The summed E-state index contributed by atoms with van der Waals surface area (Å²) in [6, 6.07) is 0.867. The molecule has 0 aromatic rings. The van der Waals surface area contributed by atoms with Crippen LogP contribution in [0.3, 0.4) is 0 Å². The van der Waals surface area contributed by atoms with E-state index in [4.69, 9.17) is 0 Å². The molecule has 2 aliphatic heterocycles. The molecule has 0 aromatic heterocycles. The fraction of sp³-hybridized carbons (Fsp3) is 1.00. The normalized spacial score (nSPS) is 31.9. The van der Waals surface area contributed by atoms with Crippen LogP contribution in [0.5, 0.6) is 0 Å². The molecule has 2 aliphatic rings. The second kappa shape index (κ2) is 5.71. The summed E-state index contributed by atoms with van der Waals surface area (Å²) in [5.74, 6) is 0.870. The predicted molar refractivity (Wildman–Crippen MR) is 74.3 cm³/mol. The maximum Gasteiger partial charge on any atom is 0.00933 e. The zero-order valence-electron chi connectivity index (χ0n) is 12.0. The summed E-state index contributed by atoms with van der Waals surface area (Å²) >= 11 is 0. The second-order valence-electron chi connectivity index (χ2n) is 6.71. The first-order valence-corrected chi connectivity index (χ1v) is 7.58. The van der Waals surface area contributed by atoms with E-state index in [1.165, 1.54) is 58.3 Å². The standard InChI is InChI=1S/C15H30N2/c1-4-14-8-6-10-17(14)12-15(2,3)13-7-5-9-16-11-13/h13-14,16H,4-12H2,1-3H3. The van der Waals surface area contributed by atoms with Crippen LogP contribution < -0.4 is 5.32 Å². The van der Waals surface area contributed by atoms with Gasteiger partial charge in [-0.15, -0.1) is 0 Å². The van der Waals surface area contributed by atoms with E-state index in [0.717, 1.165) is 12.0 Å². The van der Waals surface area contributed by atoms with Crippen LogP contribution in [0, 0.1) is 11.3 Å². The van der Waals surface area contributed by atoms with Crippen LogP contribution in [0.1, 0.15) is 52.9 Å². The average molecular weight is 238 g/mol. The highest BCUT2D eigenvalue weighted by atomic mass is 15.2. The zero-order valence-corrected chi connectivity index (χ0v) is 12.0. The Morgan fingerprint density at radius 1 is 1.24 bits per heavy atom.